The highest BCUT2D eigenvalue weighted by Gasteiger charge is 2.42. The highest BCUT2D eigenvalue weighted by Crippen LogP contribution is 2.39. The third-order valence-electron chi connectivity index (χ3n) is 7.68. The summed E-state index contributed by atoms with van der Waals surface area (Å²) < 4.78 is 47.2. The standard InChI is InChI=1S/C26H25ClFN5O5S/c27-15-6-4-14(5-7-15)12-32-21-10-18(19(28)11-22(21)39(36,37)13-20(29)25(32)34)23-30-31-24(38-23)26(35)33-16-2-1-3-17(33)9-8-16/h4-7,10-11,16-17,20H,1-3,8-9,12-13,29H2/t16-,17+,20-/m0/s1. The molecule has 0 spiro atoms. The summed E-state index contributed by atoms with van der Waals surface area (Å²) in [7, 11) is -4.12. The van der Waals surface area contributed by atoms with Gasteiger partial charge in [0.25, 0.3) is 5.89 Å². The Balaban J connectivity index is 1.40. The SMILES string of the molecule is N[C@H]1CS(=O)(=O)c2cc(F)c(-c3nnc(C(=O)N4[C@@H]5CCC[C@H]4CC5)o3)cc2N(Cc2ccc(Cl)cc2)C1=O. The van der Waals surface area contributed by atoms with E-state index in [1.807, 2.05) is 0 Å². The third-order valence-corrected chi connectivity index (χ3v) is 9.73. The number of sulfone groups is 1. The Labute approximate surface area is 228 Å². The van der Waals surface area contributed by atoms with Gasteiger partial charge in [-0.15, -0.1) is 10.2 Å². The molecule has 3 aromatic rings. The first-order valence-electron chi connectivity index (χ1n) is 12.7. The number of carbonyl (C=O) groups is 2. The molecule has 39 heavy (non-hydrogen) atoms. The van der Waals surface area contributed by atoms with E-state index in [1.54, 1.807) is 29.2 Å². The molecule has 4 heterocycles. The number of nitrogens with zero attached hydrogens (tertiary/aromatic N) is 4. The molecule has 1 aromatic heterocycles. The lowest BCUT2D eigenvalue weighted by Crippen LogP contribution is -2.45. The number of fused-ring (bicyclic) bond motifs is 3. The van der Waals surface area contributed by atoms with Crippen LogP contribution in [0.15, 0.2) is 45.7 Å². The predicted molar refractivity (Wildman–Crippen MR) is 139 cm³/mol. The fourth-order valence-corrected chi connectivity index (χ4v) is 7.49. The van der Waals surface area contributed by atoms with Crippen LogP contribution >= 0.6 is 11.6 Å². The van der Waals surface area contributed by atoms with Gasteiger partial charge in [0, 0.05) is 17.1 Å². The van der Waals surface area contributed by atoms with Crippen molar-refractivity contribution in [3.05, 3.63) is 58.7 Å². The minimum Gasteiger partial charge on any atom is -0.412 e. The molecule has 3 aliphatic rings. The van der Waals surface area contributed by atoms with Gasteiger partial charge in [-0.3, -0.25) is 9.59 Å². The van der Waals surface area contributed by atoms with Gasteiger partial charge in [0.15, 0.2) is 9.84 Å². The number of rotatable bonds is 4. The molecular weight excluding hydrogens is 549 g/mol. The van der Waals surface area contributed by atoms with Gasteiger partial charge in [0.2, 0.25) is 5.91 Å². The second-order valence-electron chi connectivity index (χ2n) is 10.2. The van der Waals surface area contributed by atoms with Gasteiger partial charge in [-0.2, -0.15) is 0 Å². The van der Waals surface area contributed by atoms with Crippen LogP contribution in [0.25, 0.3) is 11.5 Å². The van der Waals surface area contributed by atoms with Crippen LogP contribution in [0.3, 0.4) is 0 Å². The number of piperidine rings is 1. The van der Waals surface area contributed by atoms with E-state index in [1.165, 1.54) is 11.0 Å². The number of benzene rings is 2. The summed E-state index contributed by atoms with van der Waals surface area (Å²) in [5.74, 6) is -3.23. The van der Waals surface area contributed by atoms with Crippen LogP contribution in [0.2, 0.25) is 5.02 Å². The second kappa shape index (κ2) is 9.68. The maximum atomic E-state index is 15.4. The van der Waals surface area contributed by atoms with Crippen molar-refractivity contribution in [2.24, 2.45) is 5.73 Å². The molecule has 2 saturated heterocycles. The lowest BCUT2D eigenvalue weighted by molar-refractivity contribution is -0.119. The first-order chi connectivity index (χ1) is 18.6. The second-order valence-corrected chi connectivity index (χ2v) is 12.6. The number of hydrogen-bond donors (Lipinski definition) is 1. The van der Waals surface area contributed by atoms with Crippen molar-refractivity contribution in [1.29, 1.82) is 0 Å². The average molecular weight is 574 g/mol. The summed E-state index contributed by atoms with van der Waals surface area (Å²) in [6.45, 7) is -0.0391. The average Bonchev–Trinajstić information content (AvgIpc) is 3.47. The summed E-state index contributed by atoms with van der Waals surface area (Å²) in [6.07, 6.45) is 4.73. The normalized spacial score (nSPS) is 24.0. The molecule has 2 aromatic carbocycles. The Morgan fingerprint density at radius 1 is 1.10 bits per heavy atom. The molecule has 0 radical (unpaired) electrons. The van der Waals surface area contributed by atoms with E-state index < -0.39 is 39.3 Å². The monoisotopic (exact) mass is 573 g/mol. The zero-order chi connectivity index (χ0) is 27.5. The summed E-state index contributed by atoms with van der Waals surface area (Å²) in [5, 5.41) is 8.27. The number of anilines is 1. The van der Waals surface area contributed by atoms with Crippen LogP contribution < -0.4 is 10.6 Å². The minimum atomic E-state index is -4.12. The third kappa shape index (κ3) is 4.60. The topological polar surface area (TPSA) is 140 Å². The van der Waals surface area contributed by atoms with Crippen LogP contribution in [0.4, 0.5) is 10.1 Å². The molecule has 0 aliphatic carbocycles. The van der Waals surface area contributed by atoms with Gasteiger partial charge in [-0.05, 0) is 61.9 Å². The largest absolute Gasteiger partial charge is 0.412 e. The number of carbonyl (C=O) groups excluding carboxylic acids is 2. The van der Waals surface area contributed by atoms with E-state index in [9.17, 15) is 18.0 Å². The molecule has 0 saturated carbocycles. The number of nitrogens with two attached hydrogens (primary N) is 1. The maximum Gasteiger partial charge on any atom is 0.311 e. The van der Waals surface area contributed by atoms with E-state index in [0.717, 1.165) is 38.2 Å². The van der Waals surface area contributed by atoms with Crippen LogP contribution in [0.1, 0.15) is 48.4 Å². The molecule has 3 atom stereocenters. The molecule has 3 aliphatic heterocycles. The Morgan fingerprint density at radius 2 is 1.79 bits per heavy atom. The molecule has 2 bridgehead atoms. The fraction of sp³-hybridized carbons (Fsp3) is 0.385. The zero-order valence-corrected chi connectivity index (χ0v) is 22.3. The Hall–Kier alpha value is -3.35. The van der Waals surface area contributed by atoms with Crippen molar-refractivity contribution in [2.45, 2.75) is 61.7 Å². The highest BCUT2D eigenvalue weighted by molar-refractivity contribution is 7.91. The molecule has 2 amide bonds. The van der Waals surface area contributed by atoms with Crippen molar-refractivity contribution >= 4 is 38.9 Å². The van der Waals surface area contributed by atoms with Gasteiger partial charge >= 0.3 is 11.8 Å². The van der Waals surface area contributed by atoms with Gasteiger partial charge in [0.05, 0.1) is 34.5 Å². The van der Waals surface area contributed by atoms with E-state index in [0.29, 0.717) is 10.6 Å². The molecule has 13 heteroatoms. The highest BCUT2D eigenvalue weighted by atomic mass is 35.5. The Morgan fingerprint density at radius 3 is 2.49 bits per heavy atom. The quantitative estimate of drug-likeness (QED) is 0.501. The first-order valence-corrected chi connectivity index (χ1v) is 14.7. The Kier molecular flexibility index (Phi) is 6.43. The van der Waals surface area contributed by atoms with Crippen LogP contribution in [0, 0.1) is 5.82 Å². The van der Waals surface area contributed by atoms with Crippen LogP contribution in [-0.4, -0.2) is 59.2 Å². The van der Waals surface area contributed by atoms with E-state index in [2.05, 4.69) is 10.2 Å². The molecule has 2 N–H and O–H groups in total. The van der Waals surface area contributed by atoms with Crippen molar-refractivity contribution < 1.29 is 26.8 Å². The molecule has 10 nitrogen and oxygen atoms in total. The molecule has 2 fully saturated rings. The first kappa shape index (κ1) is 25.9. The van der Waals surface area contributed by atoms with E-state index >= 15 is 4.39 Å². The molecule has 0 unspecified atom stereocenters. The number of aromatic nitrogens is 2. The molecular formula is C26H25ClFN5O5S. The smallest absolute Gasteiger partial charge is 0.311 e. The van der Waals surface area contributed by atoms with Gasteiger partial charge in [-0.25, -0.2) is 12.8 Å². The van der Waals surface area contributed by atoms with E-state index in [-0.39, 0.29) is 46.6 Å². The van der Waals surface area contributed by atoms with Gasteiger partial charge in [-0.1, -0.05) is 23.7 Å². The number of hydrogen-bond acceptors (Lipinski definition) is 8. The van der Waals surface area contributed by atoms with Crippen LogP contribution in [-0.2, 0) is 21.2 Å². The summed E-state index contributed by atoms with van der Waals surface area (Å²) in [5.41, 5.74) is 6.30. The summed E-state index contributed by atoms with van der Waals surface area (Å²) in [6, 6.07) is 7.56. The Bertz CT molecular complexity index is 1560. The van der Waals surface area contributed by atoms with Crippen LogP contribution in [0.5, 0.6) is 0 Å². The number of amides is 2. The molecule has 204 valence electrons. The summed E-state index contributed by atoms with van der Waals surface area (Å²) >= 11 is 5.98. The maximum absolute atomic E-state index is 15.4. The van der Waals surface area contributed by atoms with Gasteiger partial charge < -0.3 is 20.0 Å². The lowest BCUT2D eigenvalue weighted by Gasteiger charge is -2.33. The lowest BCUT2D eigenvalue weighted by atomic mass is 10.0. The van der Waals surface area contributed by atoms with Crippen molar-refractivity contribution in [1.82, 2.24) is 15.1 Å². The predicted octanol–water partition coefficient (Wildman–Crippen LogP) is 3.33. The van der Waals surface area contributed by atoms with Crippen molar-refractivity contribution in [2.75, 3.05) is 10.7 Å². The minimum absolute atomic E-state index is 0.0391. The van der Waals surface area contributed by atoms with E-state index in [4.69, 9.17) is 21.8 Å². The van der Waals surface area contributed by atoms with Crippen molar-refractivity contribution in [3.63, 3.8) is 0 Å². The summed E-state index contributed by atoms with van der Waals surface area (Å²) in [4.78, 5) is 29.1. The molecule has 6 rings (SSSR count). The zero-order valence-electron chi connectivity index (χ0n) is 20.7. The van der Waals surface area contributed by atoms with Gasteiger partial charge in [0.1, 0.15) is 5.82 Å². The number of halogens is 2. The van der Waals surface area contributed by atoms with Crippen molar-refractivity contribution in [3.8, 4) is 11.5 Å². The fourth-order valence-electron chi connectivity index (χ4n) is 5.80.